The summed E-state index contributed by atoms with van der Waals surface area (Å²) in [5.41, 5.74) is 2.40. The lowest BCUT2D eigenvalue weighted by Gasteiger charge is -2.08. The van der Waals surface area contributed by atoms with E-state index in [1.807, 2.05) is 12.4 Å². The maximum absolute atomic E-state index is 10.6. The molecule has 14 heavy (non-hydrogen) atoms. The van der Waals surface area contributed by atoms with E-state index in [1.54, 1.807) is 11.3 Å². The Kier molecular flexibility index (Phi) is 1.77. The number of thiazole rings is 1. The highest BCUT2D eigenvalue weighted by molar-refractivity contribution is 7.10. The van der Waals surface area contributed by atoms with Gasteiger partial charge in [-0.2, -0.15) is 0 Å². The molecule has 0 spiro atoms. The Labute approximate surface area is 88.0 Å². The van der Waals surface area contributed by atoms with Crippen LogP contribution < -0.4 is 0 Å². The van der Waals surface area contributed by atoms with Crippen LogP contribution in [0.3, 0.4) is 0 Å². The van der Waals surface area contributed by atoms with Crippen molar-refractivity contribution in [3.05, 3.63) is 16.1 Å². The Hall–Kier alpha value is -0.410. The number of hydrogen-bond donors (Lipinski definition) is 1. The van der Waals surface area contributed by atoms with Crippen molar-refractivity contribution < 1.29 is 5.11 Å². The average molecular weight is 209 g/mol. The summed E-state index contributed by atoms with van der Waals surface area (Å²) < 4.78 is 0. The van der Waals surface area contributed by atoms with Crippen LogP contribution in [0.25, 0.3) is 0 Å². The van der Waals surface area contributed by atoms with E-state index in [0.29, 0.717) is 11.8 Å². The predicted molar refractivity (Wildman–Crippen MR) is 56.2 cm³/mol. The van der Waals surface area contributed by atoms with Gasteiger partial charge in [0.05, 0.1) is 16.1 Å². The second-order valence-electron chi connectivity index (χ2n) is 4.59. The minimum atomic E-state index is -0.484. The summed E-state index contributed by atoms with van der Waals surface area (Å²) in [4.78, 5) is 5.37. The van der Waals surface area contributed by atoms with Crippen LogP contribution >= 0.6 is 11.3 Å². The van der Waals surface area contributed by atoms with Crippen LogP contribution in [0.1, 0.15) is 36.3 Å². The molecule has 2 nitrogen and oxygen atoms in total. The van der Waals surface area contributed by atoms with Crippen molar-refractivity contribution in [1.82, 2.24) is 4.98 Å². The van der Waals surface area contributed by atoms with Gasteiger partial charge < -0.3 is 5.11 Å². The molecule has 1 aromatic rings. The van der Waals surface area contributed by atoms with Gasteiger partial charge in [0.1, 0.15) is 5.60 Å². The van der Waals surface area contributed by atoms with E-state index in [-0.39, 0.29) is 0 Å². The molecule has 1 heterocycles. The van der Waals surface area contributed by atoms with Gasteiger partial charge in [-0.05, 0) is 31.6 Å². The molecular weight excluding hydrogens is 194 g/mol. The zero-order valence-corrected chi connectivity index (χ0v) is 9.18. The number of rotatable bonds is 1. The fourth-order valence-electron chi connectivity index (χ4n) is 3.12. The van der Waals surface area contributed by atoms with Crippen LogP contribution in [0, 0.1) is 18.8 Å². The number of fused-ring (bicyclic) bond motifs is 1. The molecule has 2 aliphatic carbocycles. The number of aromatic nitrogens is 1. The summed E-state index contributed by atoms with van der Waals surface area (Å²) >= 11 is 1.62. The number of aliphatic hydroxyl groups is 1. The third-order valence-corrected chi connectivity index (χ3v) is 4.97. The molecule has 0 aromatic carbocycles. The van der Waals surface area contributed by atoms with Crippen molar-refractivity contribution in [3.8, 4) is 0 Å². The molecule has 0 radical (unpaired) electrons. The highest BCUT2D eigenvalue weighted by atomic mass is 32.1. The highest BCUT2D eigenvalue weighted by Crippen LogP contribution is 2.65. The van der Waals surface area contributed by atoms with Gasteiger partial charge in [0.25, 0.3) is 0 Å². The topological polar surface area (TPSA) is 33.1 Å². The van der Waals surface area contributed by atoms with Crippen molar-refractivity contribution in [2.24, 2.45) is 11.8 Å². The zero-order chi connectivity index (χ0) is 9.76. The monoisotopic (exact) mass is 209 g/mol. The van der Waals surface area contributed by atoms with Gasteiger partial charge >= 0.3 is 0 Å². The van der Waals surface area contributed by atoms with E-state index >= 15 is 0 Å². The number of aryl methyl sites for hydroxylation is 1. The van der Waals surface area contributed by atoms with E-state index in [2.05, 4.69) is 4.98 Å². The number of nitrogens with zero attached hydrogens (tertiary/aromatic N) is 1. The zero-order valence-electron chi connectivity index (χ0n) is 8.36. The van der Waals surface area contributed by atoms with Crippen LogP contribution in [0.2, 0.25) is 0 Å². The minimum absolute atomic E-state index is 0.484. The maximum Gasteiger partial charge on any atom is 0.107 e. The first-order valence-electron chi connectivity index (χ1n) is 5.37. The molecule has 3 rings (SSSR count). The second-order valence-corrected chi connectivity index (χ2v) is 5.44. The summed E-state index contributed by atoms with van der Waals surface area (Å²) in [5, 5.41) is 10.6. The molecule has 76 valence electrons. The molecule has 3 heteroatoms. The van der Waals surface area contributed by atoms with Crippen molar-refractivity contribution in [1.29, 1.82) is 0 Å². The molecular formula is C11H15NOS. The third-order valence-electron chi connectivity index (χ3n) is 3.90. The van der Waals surface area contributed by atoms with Crippen molar-refractivity contribution in [3.63, 3.8) is 0 Å². The van der Waals surface area contributed by atoms with E-state index in [1.165, 1.54) is 25.7 Å². The lowest BCUT2D eigenvalue weighted by Crippen LogP contribution is -2.09. The third kappa shape index (κ3) is 0.971. The van der Waals surface area contributed by atoms with Crippen LogP contribution in [-0.4, -0.2) is 10.1 Å². The molecule has 1 N–H and O–H groups in total. The molecule has 1 aromatic heterocycles. The van der Waals surface area contributed by atoms with Crippen LogP contribution in [-0.2, 0) is 5.60 Å². The summed E-state index contributed by atoms with van der Waals surface area (Å²) in [6.45, 7) is 2.01. The molecule has 0 aliphatic heterocycles. The van der Waals surface area contributed by atoms with E-state index in [9.17, 15) is 5.11 Å². The summed E-state index contributed by atoms with van der Waals surface area (Å²) in [6, 6.07) is 0. The fraction of sp³-hybridized carbons (Fsp3) is 0.727. The molecule has 2 atom stereocenters. The van der Waals surface area contributed by atoms with Crippen LogP contribution in [0.4, 0.5) is 0 Å². The normalized spacial score (nSPS) is 40.7. The largest absolute Gasteiger partial charge is 0.384 e. The Morgan fingerprint density at radius 3 is 2.57 bits per heavy atom. The molecule has 0 amide bonds. The second kappa shape index (κ2) is 2.80. The first-order chi connectivity index (χ1) is 6.74. The Bertz CT molecular complexity index is 348. The fourth-order valence-corrected chi connectivity index (χ4v) is 4.15. The maximum atomic E-state index is 10.6. The van der Waals surface area contributed by atoms with E-state index in [0.717, 1.165) is 10.6 Å². The van der Waals surface area contributed by atoms with Gasteiger partial charge in [-0.3, -0.25) is 0 Å². The highest BCUT2D eigenvalue weighted by Gasteiger charge is 2.65. The van der Waals surface area contributed by atoms with Gasteiger partial charge in [0.15, 0.2) is 0 Å². The summed E-state index contributed by atoms with van der Waals surface area (Å²) in [6.07, 6.45) is 5.00. The lowest BCUT2D eigenvalue weighted by molar-refractivity contribution is 0.121. The Morgan fingerprint density at radius 2 is 2.07 bits per heavy atom. The molecule has 2 saturated carbocycles. The molecule has 0 bridgehead atoms. The summed E-state index contributed by atoms with van der Waals surface area (Å²) in [5.74, 6) is 1.07. The van der Waals surface area contributed by atoms with E-state index in [4.69, 9.17) is 0 Å². The standard InChI is InChI=1S/C11H15NOS/c1-7-10(14-6-12-7)11(13)8-4-2-3-5-9(8)11/h6,8-9,13H,2-5H2,1H3. The van der Waals surface area contributed by atoms with Crippen LogP contribution in [0.5, 0.6) is 0 Å². The first-order valence-corrected chi connectivity index (χ1v) is 6.25. The first kappa shape index (κ1) is 8.86. The smallest absolute Gasteiger partial charge is 0.107 e. The predicted octanol–water partition coefficient (Wildman–Crippen LogP) is 2.46. The van der Waals surface area contributed by atoms with Gasteiger partial charge in [-0.25, -0.2) is 4.98 Å². The quantitative estimate of drug-likeness (QED) is 0.770. The minimum Gasteiger partial charge on any atom is -0.384 e. The van der Waals surface area contributed by atoms with Gasteiger partial charge in [-0.1, -0.05) is 12.8 Å². The van der Waals surface area contributed by atoms with Crippen molar-refractivity contribution in [2.45, 2.75) is 38.2 Å². The van der Waals surface area contributed by atoms with E-state index < -0.39 is 5.60 Å². The SMILES string of the molecule is Cc1ncsc1C1(O)C2CCCCC21. The summed E-state index contributed by atoms with van der Waals surface area (Å²) in [7, 11) is 0. The molecule has 2 aliphatic rings. The van der Waals surface area contributed by atoms with Crippen molar-refractivity contribution in [2.75, 3.05) is 0 Å². The van der Waals surface area contributed by atoms with Crippen LogP contribution in [0.15, 0.2) is 5.51 Å². The Balaban J connectivity index is 1.96. The average Bonchev–Trinajstić information content (AvgIpc) is 2.57. The molecule has 0 saturated heterocycles. The van der Waals surface area contributed by atoms with Gasteiger partial charge in [0.2, 0.25) is 0 Å². The van der Waals surface area contributed by atoms with Gasteiger partial charge in [-0.15, -0.1) is 11.3 Å². The van der Waals surface area contributed by atoms with Crippen molar-refractivity contribution >= 4 is 11.3 Å². The molecule has 2 unspecified atom stereocenters. The van der Waals surface area contributed by atoms with Gasteiger partial charge in [0, 0.05) is 0 Å². The lowest BCUT2D eigenvalue weighted by atomic mass is 10.0. The molecule has 2 fully saturated rings. The Morgan fingerprint density at radius 1 is 1.43 bits per heavy atom. The number of hydrogen-bond acceptors (Lipinski definition) is 3.